The average Bonchev–Trinajstić information content (AvgIpc) is 2.05. The van der Waals surface area contributed by atoms with Crippen LogP contribution in [0.3, 0.4) is 0 Å². The van der Waals surface area contributed by atoms with E-state index >= 15 is 0 Å². The van der Waals surface area contributed by atoms with Crippen LogP contribution >= 0.6 is 0 Å². The van der Waals surface area contributed by atoms with Crippen LogP contribution in [0.5, 0.6) is 5.75 Å². The number of aliphatic hydroxyl groups excluding tert-OH is 2. The molecule has 0 saturated carbocycles. The van der Waals surface area contributed by atoms with E-state index in [0.29, 0.717) is 11.3 Å². The van der Waals surface area contributed by atoms with Gasteiger partial charge in [-0.1, -0.05) is 18.2 Å². The van der Waals surface area contributed by atoms with Gasteiger partial charge in [0.15, 0.2) is 6.79 Å². The first kappa shape index (κ1) is 9.03. The van der Waals surface area contributed by atoms with E-state index in [-0.39, 0.29) is 6.79 Å². The summed E-state index contributed by atoms with van der Waals surface area (Å²) in [5.74, 6) is 0.523. The van der Waals surface area contributed by atoms with Crippen molar-refractivity contribution in [3.63, 3.8) is 0 Å². The summed E-state index contributed by atoms with van der Waals surface area (Å²) in [6.07, 6.45) is -0.576. The summed E-state index contributed by atoms with van der Waals surface area (Å²) in [4.78, 5) is 0. The Bertz CT molecular complexity index is 245. The van der Waals surface area contributed by atoms with E-state index in [0.717, 1.165) is 0 Å². The van der Waals surface area contributed by atoms with E-state index in [4.69, 9.17) is 9.84 Å². The fourth-order valence-electron chi connectivity index (χ4n) is 1.03. The summed E-state index contributed by atoms with van der Waals surface area (Å²) < 4.78 is 4.89. The average molecular weight is 168 g/mol. The zero-order valence-corrected chi connectivity index (χ0v) is 6.90. The second-order valence-electron chi connectivity index (χ2n) is 2.49. The standard InChI is InChI=1S/C9H12O3/c1-7(11)8-4-2-3-5-9(8)12-6-10/h2-5,7,10-11H,6H2,1H3. The summed E-state index contributed by atoms with van der Waals surface area (Å²) >= 11 is 0. The molecule has 1 unspecified atom stereocenters. The van der Waals surface area contributed by atoms with Crippen LogP contribution in [0.2, 0.25) is 0 Å². The number of hydrogen-bond acceptors (Lipinski definition) is 3. The van der Waals surface area contributed by atoms with Gasteiger partial charge in [-0.15, -0.1) is 0 Å². The summed E-state index contributed by atoms with van der Waals surface area (Å²) in [7, 11) is 0. The zero-order valence-electron chi connectivity index (χ0n) is 6.90. The molecule has 0 aliphatic carbocycles. The number of para-hydroxylation sites is 1. The number of rotatable bonds is 3. The molecule has 0 aromatic heterocycles. The molecule has 1 aromatic carbocycles. The lowest BCUT2D eigenvalue weighted by Crippen LogP contribution is -2.00. The Labute approximate surface area is 71.2 Å². The molecule has 3 heteroatoms. The highest BCUT2D eigenvalue weighted by molar-refractivity contribution is 5.34. The van der Waals surface area contributed by atoms with Gasteiger partial charge < -0.3 is 14.9 Å². The van der Waals surface area contributed by atoms with Gasteiger partial charge in [0, 0.05) is 5.56 Å². The monoisotopic (exact) mass is 168 g/mol. The molecule has 0 aliphatic heterocycles. The van der Waals surface area contributed by atoms with Gasteiger partial charge in [0.25, 0.3) is 0 Å². The van der Waals surface area contributed by atoms with Crippen molar-refractivity contribution in [1.82, 2.24) is 0 Å². The van der Waals surface area contributed by atoms with Crippen LogP contribution in [0.4, 0.5) is 0 Å². The minimum Gasteiger partial charge on any atom is -0.467 e. The smallest absolute Gasteiger partial charge is 0.186 e. The third kappa shape index (κ3) is 1.96. The van der Waals surface area contributed by atoms with Crippen LogP contribution in [0, 0.1) is 0 Å². The third-order valence-corrected chi connectivity index (χ3v) is 1.59. The largest absolute Gasteiger partial charge is 0.467 e. The van der Waals surface area contributed by atoms with Gasteiger partial charge in [-0.05, 0) is 13.0 Å². The van der Waals surface area contributed by atoms with E-state index in [1.807, 2.05) is 6.07 Å². The summed E-state index contributed by atoms with van der Waals surface area (Å²) in [5, 5.41) is 17.8. The predicted molar refractivity (Wildman–Crippen MR) is 44.8 cm³/mol. The molecule has 2 N–H and O–H groups in total. The molecule has 0 saturated heterocycles. The SMILES string of the molecule is CC(O)c1ccccc1OCO. The molecule has 66 valence electrons. The zero-order chi connectivity index (χ0) is 8.97. The minimum atomic E-state index is -0.576. The van der Waals surface area contributed by atoms with E-state index in [1.54, 1.807) is 25.1 Å². The molecule has 1 atom stereocenters. The number of benzene rings is 1. The lowest BCUT2D eigenvalue weighted by atomic mass is 10.1. The van der Waals surface area contributed by atoms with Gasteiger partial charge >= 0.3 is 0 Å². The Morgan fingerprint density at radius 3 is 2.67 bits per heavy atom. The fraction of sp³-hybridized carbons (Fsp3) is 0.333. The maximum Gasteiger partial charge on any atom is 0.186 e. The highest BCUT2D eigenvalue weighted by atomic mass is 16.6. The number of ether oxygens (including phenoxy) is 1. The maximum absolute atomic E-state index is 9.27. The summed E-state index contributed by atoms with van der Waals surface area (Å²) in [6.45, 7) is 1.28. The molecule has 12 heavy (non-hydrogen) atoms. The molecule has 3 nitrogen and oxygen atoms in total. The van der Waals surface area contributed by atoms with Crippen LogP contribution in [-0.2, 0) is 0 Å². The van der Waals surface area contributed by atoms with Crippen molar-refractivity contribution < 1.29 is 14.9 Å². The van der Waals surface area contributed by atoms with Crippen LogP contribution in [0.15, 0.2) is 24.3 Å². The van der Waals surface area contributed by atoms with Crippen molar-refractivity contribution >= 4 is 0 Å². The highest BCUT2D eigenvalue weighted by Gasteiger charge is 2.06. The second-order valence-corrected chi connectivity index (χ2v) is 2.49. The Kier molecular flexibility index (Phi) is 3.08. The van der Waals surface area contributed by atoms with Crippen molar-refractivity contribution in [2.24, 2.45) is 0 Å². The van der Waals surface area contributed by atoms with Gasteiger partial charge in [0.2, 0.25) is 0 Å². The second kappa shape index (κ2) is 4.09. The van der Waals surface area contributed by atoms with Gasteiger partial charge in [-0.2, -0.15) is 0 Å². The molecule has 0 amide bonds. The normalized spacial score (nSPS) is 12.6. The van der Waals surface area contributed by atoms with Gasteiger partial charge in [-0.3, -0.25) is 0 Å². The minimum absolute atomic E-state index is 0.371. The van der Waals surface area contributed by atoms with Crippen LogP contribution < -0.4 is 4.74 Å². The Balaban J connectivity index is 2.92. The van der Waals surface area contributed by atoms with Crippen molar-refractivity contribution in [3.05, 3.63) is 29.8 Å². The predicted octanol–water partition coefficient (Wildman–Crippen LogP) is 1.07. The lowest BCUT2D eigenvalue weighted by Gasteiger charge is -2.10. The van der Waals surface area contributed by atoms with Gasteiger partial charge in [0.1, 0.15) is 5.75 Å². The maximum atomic E-state index is 9.27. The van der Waals surface area contributed by atoms with E-state index < -0.39 is 6.10 Å². The molecule has 0 spiro atoms. The van der Waals surface area contributed by atoms with Gasteiger partial charge in [-0.25, -0.2) is 0 Å². The topological polar surface area (TPSA) is 49.7 Å². The van der Waals surface area contributed by atoms with E-state index in [1.165, 1.54) is 0 Å². The van der Waals surface area contributed by atoms with Crippen molar-refractivity contribution in [3.8, 4) is 5.75 Å². The molecule has 0 fully saturated rings. The quantitative estimate of drug-likeness (QED) is 0.664. The first-order chi connectivity index (χ1) is 5.75. The fourth-order valence-corrected chi connectivity index (χ4v) is 1.03. The Morgan fingerprint density at radius 1 is 1.42 bits per heavy atom. The molecule has 0 aliphatic rings. The summed E-state index contributed by atoms with van der Waals surface area (Å²) in [6, 6.07) is 7.07. The Morgan fingerprint density at radius 2 is 2.08 bits per heavy atom. The number of aliphatic hydroxyl groups is 2. The van der Waals surface area contributed by atoms with Crippen LogP contribution in [-0.4, -0.2) is 17.0 Å². The van der Waals surface area contributed by atoms with Crippen molar-refractivity contribution in [2.75, 3.05) is 6.79 Å². The van der Waals surface area contributed by atoms with Gasteiger partial charge in [0.05, 0.1) is 6.10 Å². The van der Waals surface area contributed by atoms with E-state index in [9.17, 15) is 5.11 Å². The number of hydrogen-bond donors (Lipinski definition) is 2. The van der Waals surface area contributed by atoms with Crippen LogP contribution in [0.25, 0.3) is 0 Å². The van der Waals surface area contributed by atoms with E-state index in [2.05, 4.69) is 0 Å². The molecule has 0 bridgehead atoms. The molecule has 0 heterocycles. The lowest BCUT2D eigenvalue weighted by molar-refractivity contribution is 0.0935. The Hall–Kier alpha value is -1.06. The molecular weight excluding hydrogens is 156 g/mol. The molecular formula is C9H12O3. The van der Waals surface area contributed by atoms with Crippen LogP contribution in [0.1, 0.15) is 18.6 Å². The molecule has 0 radical (unpaired) electrons. The van der Waals surface area contributed by atoms with Crippen molar-refractivity contribution in [2.45, 2.75) is 13.0 Å². The first-order valence-corrected chi connectivity index (χ1v) is 3.76. The third-order valence-electron chi connectivity index (χ3n) is 1.59. The molecule has 1 aromatic rings. The first-order valence-electron chi connectivity index (χ1n) is 3.76. The van der Waals surface area contributed by atoms with Crippen molar-refractivity contribution in [1.29, 1.82) is 0 Å². The molecule has 1 rings (SSSR count). The summed E-state index contributed by atoms with van der Waals surface area (Å²) in [5.41, 5.74) is 0.687. The highest BCUT2D eigenvalue weighted by Crippen LogP contribution is 2.23.